The van der Waals surface area contributed by atoms with Gasteiger partial charge in [0, 0.05) is 0 Å². The fourth-order valence-corrected chi connectivity index (χ4v) is 2.16. The molecule has 17 heavy (non-hydrogen) atoms. The van der Waals surface area contributed by atoms with Crippen molar-refractivity contribution in [3.63, 3.8) is 0 Å². The zero-order valence-corrected chi connectivity index (χ0v) is 16.0. The van der Waals surface area contributed by atoms with Gasteiger partial charge in [-0.25, -0.2) is 0 Å². The maximum Gasteiger partial charge on any atom is 0.338 e. The quantitative estimate of drug-likeness (QED) is 0.229. The summed E-state index contributed by atoms with van der Waals surface area (Å²) >= 11 is 6.48. The number of alkyl halides is 3. The molecule has 0 saturated heterocycles. The number of hydrogen-bond acceptors (Lipinski definition) is 3. The molecule has 0 heterocycles. The molecule has 0 amide bonds. The van der Waals surface area contributed by atoms with Gasteiger partial charge in [-0.3, -0.25) is 0 Å². The molecule has 1 rings (SSSR count). The van der Waals surface area contributed by atoms with Crippen molar-refractivity contribution in [3.8, 4) is 0 Å². The van der Waals surface area contributed by atoms with Gasteiger partial charge in [0.15, 0.2) is 0 Å². The normalized spacial score (nSPS) is 12.9. The maximum absolute atomic E-state index is 11.7. The Balaban J connectivity index is 2.83. The molecule has 0 radical (unpaired) electrons. The second-order valence-corrected chi connectivity index (χ2v) is 16.1. The van der Waals surface area contributed by atoms with Crippen LogP contribution >= 0.6 is 67.8 Å². The van der Waals surface area contributed by atoms with Crippen LogP contribution in [0.25, 0.3) is 0 Å². The Bertz CT molecular complexity index is 501. The molecule has 0 N–H and O–H groups in total. The van der Waals surface area contributed by atoms with Gasteiger partial charge in [0.25, 0.3) is 0 Å². The molecule has 0 unspecified atom stereocenters. The van der Waals surface area contributed by atoms with Crippen LogP contribution in [0.15, 0.2) is 41.5 Å². The first-order valence-corrected chi connectivity index (χ1v) is 9.09. The van der Waals surface area contributed by atoms with E-state index in [-0.39, 0.29) is 4.33 Å². The molecular formula is C10H9I3O3S. The SMILES string of the molecule is Cc1ccc(S(=O)(=O)OC=CC(I)(I)I)cc1. The highest BCUT2D eigenvalue weighted by Crippen LogP contribution is 2.36. The minimum atomic E-state index is -3.70. The molecule has 1 aromatic carbocycles. The van der Waals surface area contributed by atoms with Crippen molar-refractivity contribution in [3.05, 3.63) is 42.2 Å². The fraction of sp³-hybridized carbons (Fsp3) is 0.200. The number of rotatable bonds is 4. The van der Waals surface area contributed by atoms with E-state index >= 15 is 0 Å². The molecule has 0 fully saturated rings. The molecule has 1 aromatic rings. The van der Waals surface area contributed by atoms with Gasteiger partial charge in [-0.05, 0) is 25.1 Å². The smallest absolute Gasteiger partial charge is 0.338 e. The first-order valence-electron chi connectivity index (χ1n) is 4.45. The fourth-order valence-electron chi connectivity index (χ4n) is 0.939. The van der Waals surface area contributed by atoms with Gasteiger partial charge in [-0.15, -0.1) is 0 Å². The van der Waals surface area contributed by atoms with Crippen LogP contribution in [-0.2, 0) is 14.3 Å². The Hall–Kier alpha value is 0.900. The summed E-state index contributed by atoms with van der Waals surface area (Å²) in [6.45, 7) is 1.90. The van der Waals surface area contributed by atoms with E-state index in [4.69, 9.17) is 4.18 Å². The second kappa shape index (κ2) is 6.37. The lowest BCUT2D eigenvalue weighted by Crippen LogP contribution is -2.03. The third-order valence-corrected chi connectivity index (χ3v) is 4.04. The summed E-state index contributed by atoms with van der Waals surface area (Å²) in [7, 11) is -3.70. The molecule has 3 nitrogen and oxygen atoms in total. The summed E-state index contributed by atoms with van der Waals surface area (Å²) in [4.78, 5) is 0.161. The van der Waals surface area contributed by atoms with E-state index in [9.17, 15) is 8.42 Å². The molecule has 0 aromatic heterocycles. The average molecular weight is 590 g/mol. The summed E-state index contributed by atoms with van der Waals surface area (Å²) in [6, 6.07) is 6.53. The van der Waals surface area contributed by atoms with Crippen LogP contribution in [0.4, 0.5) is 0 Å². The van der Waals surface area contributed by atoms with Crippen LogP contribution in [0.2, 0.25) is 0 Å². The third-order valence-electron chi connectivity index (χ3n) is 1.75. The van der Waals surface area contributed by atoms with E-state index in [0.29, 0.717) is 0 Å². The van der Waals surface area contributed by atoms with Crippen molar-refractivity contribution in [2.24, 2.45) is 0 Å². The van der Waals surface area contributed by atoms with E-state index in [1.165, 1.54) is 18.4 Å². The highest BCUT2D eigenvalue weighted by Gasteiger charge is 2.16. The Morgan fingerprint density at radius 2 is 1.71 bits per heavy atom. The summed E-state index contributed by atoms with van der Waals surface area (Å²) in [5.41, 5.74) is 1.00. The Kier molecular flexibility index (Phi) is 5.98. The average Bonchev–Trinajstić information content (AvgIpc) is 2.15. The maximum atomic E-state index is 11.7. The Labute approximate surface area is 142 Å². The number of benzene rings is 1. The molecule has 0 bridgehead atoms. The van der Waals surface area contributed by atoms with Crippen molar-refractivity contribution in [2.45, 2.75) is 11.3 Å². The predicted octanol–water partition coefficient (Wildman–Crippen LogP) is 4.17. The number of hydrogen-bond donors (Lipinski definition) is 0. The first-order chi connectivity index (χ1) is 7.71. The van der Waals surface area contributed by atoms with Crippen LogP contribution in [0, 0.1) is 6.92 Å². The van der Waals surface area contributed by atoms with Crippen molar-refractivity contribution in [1.82, 2.24) is 0 Å². The van der Waals surface area contributed by atoms with Gasteiger partial charge in [-0.1, -0.05) is 85.5 Å². The minimum absolute atomic E-state index is 0.161. The van der Waals surface area contributed by atoms with Crippen molar-refractivity contribution >= 4 is 77.9 Å². The van der Waals surface area contributed by atoms with Crippen molar-refractivity contribution < 1.29 is 12.6 Å². The van der Waals surface area contributed by atoms with E-state index < -0.39 is 10.1 Å². The summed E-state index contributed by atoms with van der Waals surface area (Å²) in [5.74, 6) is 0. The van der Waals surface area contributed by atoms with E-state index in [1.54, 1.807) is 18.2 Å². The van der Waals surface area contributed by atoms with Crippen LogP contribution < -0.4 is 0 Å². The zero-order chi connectivity index (χ0) is 13.1. The summed E-state index contributed by atoms with van der Waals surface area (Å²) in [6.07, 6.45) is 2.88. The third kappa shape index (κ3) is 6.05. The Morgan fingerprint density at radius 3 is 2.18 bits per heavy atom. The van der Waals surface area contributed by atoms with Gasteiger partial charge in [0.1, 0.15) is 10.6 Å². The minimum Gasteiger partial charge on any atom is -0.387 e. The van der Waals surface area contributed by atoms with Crippen molar-refractivity contribution in [2.75, 3.05) is 0 Å². The van der Waals surface area contributed by atoms with Crippen LogP contribution in [0.3, 0.4) is 0 Å². The van der Waals surface area contributed by atoms with E-state index in [2.05, 4.69) is 67.8 Å². The number of halogens is 3. The van der Waals surface area contributed by atoms with Crippen LogP contribution in [0.5, 0.6) is 0 Å². The molecule has 94 valence electrons. The largest absolute Gasteiger partial charge is 0.387 e. The van der Waals surface area contributed by atoms with Crippen molar-refractivity contribution in [1.29, 1.82) is 0 Å². The number of aryl methyl sites for hydroxylation is 1. The van der Waals surface area contributed by atoms with Gasteiger partial charge in [0.2, 0.25) is 0 Å². The zero-order valence-electron chi connectivity index (χ0n) is 8.73. The topological polar surface area (TPSA) is 43.4 Å². The molecule has 0 aliphatic carbocycles. The summed E-state index contributed by atoms with van der Waals surface area (Å²) in [5, 5.41) is 0. The van der Waals surface area contributed by atoms with Gasteiger partial charge in [-0.2, -0.15) is 8.42 Å². The molecule has 7 heteroatoms. The lowest BCUT2D eigenvalue weighted by Gasteiger charge is -2.06. The second-order valence-electron chi connectivity index (χ2n) is 3.21. The predicted molar refractivity (Wildman–Crippen MR) is 93.4 cm³/mol. The van der Waals surface area contributed by atoms with Crippen LogP contribution in [0.1, 0.15) is 5.56 Å². The number of allylic oxidation sites excluding steroid dienone is 1. The molecule has 0 saturated carbocycles. The molecule has 0 aliphatic heterocycles. The molecule has 0 atom stereocenters. The first kappa shape index (κ1) is 16.0. The highest BCUT2D eigenvalue weighted by molar-refractivity contribution is 14.3. The summed E-state index contributed by atoms with van der Waals surface area (Å²) < 4.78 is 28.1. The Morgan fingerprint density at radius 1 is 1.18 bits per heavy atom. The standard InChI is InChI=1S/C10H9I3O3S/c1-8-2-4-9(5-3-8)17(14,15)16-7-6-10(11,12)13/h2-7H,1H3. The lowest BCUT2D eigenvalue weighted by molar-refractivity contribution is 0.443. The van der Waals surface area contributed by atoms with Gasteiger partial charge < -0.3 is 4.18 Å². The highest BCUT2D eigenvalue weighted by atomic mass is 127. The molecular weight excluding hydrogens is 581 g/mol. The lowest BCUT2D eigenvalue weighted by atomic mass is 10.2. The van der Waals surface area contributed by atoms with Gasteiger partial charge >= 0.3 is 10.1 Å². The van der Waals surface area contributed by atoms with E-state index in [1.807, 2.05) is 6.92 Å². The van der Waals surface area contributed by atoms with Crippen LogP contribution in [-0.4, -0.2) is 7.85 Å². The van der Waals surface area contributed by atoms with E-state index in [0.717, 1.165) is 5.56 Å². The molecule has 0 aliphatic rings. The van der Waals surface area contributed by atoms with Gasteiger partial charge in [0.05, 0.1) is 0 Å². The molecule has 0 spiro atoms. The monoisotopic (exact) mass is 590 g/mol.